The molecule has 0 aromatic heterocycles. The minimum Gasteiger partial charge on any atom is -0.460 e. The molecule has 0 amide bonds. The van der Waals surface area contributed by atoms with Gasteiger partial charge in [0.1, 0.15) is 5.60 Å². The molecular formula is C29H40F2N2O2. The highest BCUT2D eigenvalue weighted by molar-refractivity contribution is 5.70. The summed E-state index contributed by atoms with van der Waals surface area (Å²) in [7, 11) is 0. The van der Waals surface area contributed by atoms with Crippen molar-refractivity contribution in [3.8, 4) is 0 Å². The zero-order valence-corrected chi connectivity index (χ0v) is 21.4. The minimum atomic E-state index is -2.63. The van der Waals surface area contributed by atoms with Crippen molar-refractivity contribution < 1.29 is 18.3 Å². The fourth-order valence-corrected chi connectivity index (χ4v) is 4.68. The lowest BCUT2D eigenvalue weighted by Gasteiger charge is -2.36. The molecule has 192 valence electrons. The van der Waals surface area contributed by atoms with Crippen LogP contribution in [0.3, 0.4) is 0 Å². The van der Waals surface area contributed by atoms with E-state index in [1.54, 1.807) is 0 Å². The van der Waals surface area contributed by atoms with E-state index in [1.165, 1.54) is 11.1 Å². The van der Waals surface area contributed by atoms with Crippen LogP contribution < -0.4 is 0 Å². The molecule has 35 heavy (non-hydrogen) atoms. The van der Waals surface area contributed by atoms with Gasteiger partial charge in [-0.25, -0.2) is 8.78 Å². The van der Waals surface area contributed by atoms with Crippen molar-refractivity contribution in [3.63, 3.8) is 0 Å². The van der Waals surface area contributed by atoms with Gasteiger partial charge in [-0.1, -0.05) is 60.7 Å². The first kappa shape index (κ1) is 27.3. The van der Waals surface area contributed by atoms with Crippen LogP contribution in [0.25, 0.3) is 0 Å². The minimum absolute atomic E-state index is 0.0396. The summed E-state index contributed by atoms with van der Waals surface area (Å²) in [6.07, 6.45) is 2.19. The van der Waals surface area contributed by atoms with E-state index in [-0.39, 0.29) is 31.4 Å². The van der Waals surface area contributed by atoms with Crippen LogP contribution in [0.1, 0.15) is 57.6 Å². The number of hydrogen-bond acceptors (Lipinski definition) is 4. The molecule has 3 rings (SSSR count). The quantitative estimate of drug-likeness (QED) is 0.367. The normalized spacial score (nSPS) is 17.3. The molecule has 0 aliphatic carbocycles. The number of piperidine rings is 1. The maximum absolute atomic E-state index is 14.0. The number of carbonyl (C=O) groups is 1. The maximum atomic E-state index is 14.0. The van der Waals surface area contributed by atoms with Crippen LogP contribution in [0.2, 0.25) is 0 Å². The number of hydrogen-bond donors (Lipinski definition) is 0. The van der Waals surface area contributed by atoms with Crippen LogP contribution in [0.5, 0.6) is 0 Å². The lowest BCUT2D eigenvalue weighted by atomic mass is 10.0. The molecule has 1 fully saturated rings. The smallest absolute Gasteiger partial charge is 0.307 e. The first-order valence-electron chi connectivity index (χ1n) is 12.7. The van der Waals surface area contributed by atoms with Gasteiger partial charge in [0, 0.05) is 25.6 Å². The molecule has 0 bridgehead atoms. The first-order chi connectivity index (χ1) is 16.6. The van der Waals surface area contributed by atoms with Crippen molar-refractivity contribution in [2.75, 3.05) is 26.2 Å². The maximum Gasteiger partial charge on any atom is 0.307 e. The number of alkyl halides is 2. The number of benzene rings is 2. The summed E-state index contributed by atoms with van der Waals surface area (Å²) in [6, 6.07) is 20.4. The zero-order chi connectivity index (χ0) is 25.3. The lowest BCUT2D eigenvalue weighted by molar-refractivity contribution is -0.156. The molecule has 0 saturated carbocycles. The van der Waals surface area contributed by atoms with Crippen LogP contribution in [-0.4, -0.2) is 59.5 Å². The van der Waals surface area contributed by atoms with Crippen molar-refractivity contribution >= 4 is 5.97 Å². The SMILES string of the molecule is CC(C)(C)OC(=O)CC(CCN1CCCC(F)(F)C1)N(CCc1ccccc1)Cc1ccccc1. The van der Waals surface area contributed by atoms with Crippen molar-refractivity contribution in [2.45, 2.75) is 77.0 Å². The Kier molecular flexibility index (Phi) is 9.81. The van der Waals surface area contributed by atoms with Crippen LogP contribution in [0.15, 0.2) is 60.7 Å². The third kappa shape index (κ3) is 10.1. The number of rotatable bonds is 11. The van der Waals surface area contributed by atoms with E-state index in [0.717, 1.165) is 13.0 Å². The molecule has 4 nitrogen and oxygen atoms in total. The second-order valence-electron chi connectivity index (χ2n) is 10.7. The second-order valence-corrected chi connectivity index (χ2v) is 10.7. The van der Waals surface area contributed by atoms with Crippen molar-refractivity contribution in [1.29, 1.82) is 0 Å². The molecular weight excluding hydrogens is 446 g/mol. The van der Waals surface area contributed by atoms with Crippen LogP contribution in [0, 0.1) is 0 Å². The zero-order valence-electron chi connectivity index (χ0n) is 21.4. The molecule has 1 saturated heterocycles. The number of nitrogens with zero attached hydrogens (tertiary/aromatic N) is 2. The van der Waals surface area contributed by atoms with Gasteiger partial charge in [0.15, 0.2) is 0 Å². The van der Waals surface area contributed by atoms with Gasteiger partial charge in [0.05, 0.1) is 13.0 Å². The summed E-state index contributed by atoms with van der Waals surface area (Å²) in [5.74, 6) is -2.88. The number of ether oxygens (including phenoxy) is 1. The van der Waals surface area contributed by atoms with Crippen molar-refractivity contribution in [3.05, 3.63) is 71.8 Å². The van der Waals surface area contributed by atoms with Gasteiger partial charge in [0.2, 0.25) is 0 Å². The van der Waals surface area contributed by atoms with E-state index in [0.29, 0.717) is 32.5 Å². The Balaban J connectivity index is 1.77. The number of likely N-dealkylation sites (tertiary alicyclic amines) is 1. The molecule has 0 radical (unpaired) electrons. The summed E-state index contributed by atoms with van der Waals surface area (Å²) in [5.41, 5.74) is 1.83. The van der Waals surface area contributed by atoms with Gasteiger partial charge in [-0.15, -0.1) is 0 Å². The van der Waals surface area contributed by atoms with Crippen molar-refractivity contribution in [1.82, 2.24) is 9.80 Å². The standard InChI is InChI=1S/C29H40F2N2O2/c1-28(2,3)35-27(34)21-26(16-19-32-18-10-17-29(30,31)23-32)33(22-25-13-8-5-9-14-25)20-15-24-11-6-4-7-12-24/h4-9,11-14,26H,10,15-23H2,1-3H3. The van der Waals surface area contributed by atoms with Gasteiger partial charge in [-0.05, 0) is 64.3 Å². The van der Waals surface area contributed by atoms with Crippen LogP contribution >= 0.6 is 0 Å². The average Bonchev–Trinajstić information content (AvgIpc) is 2.79. The summed E-state index contributed by atoms with van der Waals surface area (Å²) in [6.45, 7) is 8.08. The Morgan fingerprint density at radius 3 is 2.29 bits per heavy atom. The van der Waals surface area contributed by atoms with Crippen molar-refractivity contribution in [2.24, 2.45) is 0 Å². The van der Waals surface area contributed by atoms with Crippen LogP contribution in [-0.2, 0) is 22.5 Å². The predicted molar refractivity (Wildman–Crippen MR) is 136 cm³/mol. The van der Waals surface area contributed by atoms with Gasteiger partial charge in [0.25, 0.3) is 5.92 Å². The number of carbonyl (C=O) groups excluding carboxylic acids is 1. The monoisotopic (exact) mass is 486 g/mol. The third-order valence-electron chi connectivity index (χ3n) is 6.35. The average molecular weight is 487 g/mol. The number of esters is 1. The van der Waals surface area contributed by atoms with E-state index >= 15 is 0 Å². The first-order valence-corrected chi connectivity index (χ1v) is 12.7. The Labute approximate surface area is 209 Å². The van der Waals surface area contributed by atoms with E-state index < -0.39 is 11.5 Å². The van der Waals surface area contributed by atoms with Gasteiger partial charge in [-0.3, -0.25) is 14.6 Å². The molecule has 0 spiro atoms. The molecule has 2 aromatic carbocycles. The van der Waals surface area contributed by atoms with Gasteiger partial charge < -0.3 is 4.74 Å². The summed E-state index contributed by atoms with van der Waals surface area (Å²) < 4.78 is 33.7. The molecule has 2 aromatic rings. The molecule has 1 aliphatic heterocycles. The van der Waals surface area contributed by atoms with Crippen LogP contribution in [0.4, 0.5) is 8.78 Å². The Morgan fingerprint density at radius 2 is 1.69 bits per heavy atom. The molecule has 1 atom stereocenters. The predicted octanol–water partition coefficient (Wildman–Crippen LogP) is 5.95. The van der Waals surface area contributed by atoms with Gasteiger partial charge in [-0.2, -0.15) is 0 Å². The second kappa shape index (κ2) is 12.6. The van der Waals surface area contributed by atoms with Gasteiger partial charge >= 0.3 is 5.97 Å². The summed E-state index contributed by atoms with van der Waals surface area (Å²) in [4.78, 5) is 17.1. The van der Waals surface area contributed by atoms with E-state index in [9.17, 15) is 13.6 Å². The Hall–Kier alpha value is -2.31. The van der Waals surface area contributed by atoms with E-state index in [1.807, 2.05) is 62.1 Å². The lowest BCUT2D eigenvalue weighted by Crippen LogP contribution is -2.46. The molecule has 1 heterocycles. The molecule has 0 N–H and O–H groups in total. The fraction of sp³-hybridized carbons (Fsp3) is 0.552. The molecule has 1 aliphatic rings. The summed E-state index contributed by atoms with van der Waals surface area (Å²) >= 11 is 0. The highest BCUT2D eigenvalue weighted by Gasteiger charge is 2.35. The Bertz CT molecular complexity index is 900. The highest BCUT2D eigenvalue weighted by atomic mass is 19.3. The molecule has 6 heteroatoms. The van der Waals surface area contributed by atoms with E-state index in [4.69, 9.17) is 4.74 Å². The summed E-state index contributed by atoms with van der Waals surface area (Å²) in [5, 5.41) is 0. The van der Waals surface area contributed by atoms with E-state index in [2.05, 4.69) is 29.2 Å². The number of halogens is 2. The molecule has 1 unspecified atom stereocenters. The topological polar surface area (TPSA) is 32.8 Å². The fourth-order valence-electron chi connectivity index (χ4n) is 4.68. The largest absolute Gasteiger partial charge is 0.460 e. The third-order valence-corrected chi connectivity index (χ3v) is 6.35. The highest BCUT2D eigenvalue weighted by Crippen LogP contribution is 2.27. The Morgan fingerprint density at radius 1 is 1.06 bits per heavy atom.